The molecule has 1 aromatic rings. The van der Waals surface area contributed by atoms with Crippen LogP contribution in [0.15, 0.2) is 35.3 Å². The van der Waals surface area contributed by atoms with Crippen LogP contribution in [0.2, 0.25) is 0 Å². The van der Waals surface area contributed by atoms with Crippen LogP contribution in [0, 0.1) is 5.92 Å². The maximum Gasteiger partial charge on any atom is 0.240 e. The number of nitrogens with two attached hydrogens (primary N) is 3. The van der Waals surface area contributed by atoms with Crippen molar-refractivity contribution in [3.05, 3.63) is 35.9 Å². The SMILES string of the molecule is C[C@@H](CCCN=C(N)N)C(=O)N[C@@H](Cc1ccccc1)C(N)=O. The Hall–Kier alpha value is -2.57. The van der Waals surface area contributed by atoms with Crippen molar-refractivity contribution in [2.75, 3.05) is 6.54 Å². The van der Waals surface area contributed by atoms with Crippen molar-refractivity contribution in [3.8, 4) is 0 Å². The predicted molar refractivity (Wildman–Crippen MR) is 90.3 cm³/mol. The Morgan fingerprint density at radius 3 is 2.39 bits per heavy atom. The first kappa shape index (κ1) is 18.5. The molecule has 1 aromatic carbocycles. The fourth-order valence-corrected chi connectivity index (χ4v) is 2.12. The molecule has 126 valence electrons. The molecule has 0 aliphatic rings. The quantitative estimate of drug-likeness (QED) is 0.287. The van der Waals surface area contributed by atoms with Crippen LogP contribution in [-0.4, -0.2) is 30.4 Å². The number of hydrogen-bond acceptors (Lipinski definition) is 3. The van der Waals surface area contributed by atoms with Gasteiger partial charge >= 0.3 is 0 Å². The fourth-order valence-electron chi connectivity index (χ4n) is 2.12. The number of hydrogen-bond donors (Lipinski definition) is 4. The second-order valence-corrected chi connectivity index (χ2v) is 5.50. The van der Waals surface area contributed by atoms with E-state index >= 15 is 0 Å². The number of nitrogens with one attached hydrogen (secondary N) is 1. The lowest BCUT2D eigenvalue weighted by atomic mass is 10.0. The van der Waals surface area contributed by atoms with Gasteiger partial charge in [0.1, 0.15) is 6.04 Å². The Balaban J connectivity index is 2.50. The molecule has 1 rings (SSSR count). The van der Waals surface area contributed by atoms with Crippen LogP contribution >= 0.6 is 0 Å². The van der Waals surface area contributed by atoms with Crippen LogP contribution in [0.3, 0.4) is 0 Å². The van der Waals surface area contributed by atoms with Gasteiger partial charge in [0.2, 0.25) is 11.8 Å². The summed E-state index contributed by atoms with van der Waals surface area (Å²) in [4.78, 5) is 27.6. The van der Waals surface area contributed by atoms with Crippen molar-refractivity contribution < 1.29 is 9.59 Å². The van der Waals surface area contributed by atoms with Crippen molar-refractivity contribution in [2.24, 2.45) is 28.1 Å². The zero-order valence-electron chi connectivity index (χ0n) is 13.4. The van der Waals surface area contributed by atoms with Crippen LogP contribution in [0.4, 0.5) is 0 Å². The monoisotopic (exact) mass is 319 g/mol. The normalized spacial score (nSPS) is 12.9. The smallest absolute Gasteiger partial charge is 0.240 e. The number of rotatable bonds is 9. The van der Waals surface area contributed by atoms with E-state index in [0.29, 0.717) is 25.8 Å². The highest BCUT2D eigenvalue weighted by atomic mass is 16.2. The highest BCUT2D eigenvalue weighted by molar-refractivity contribution is 5.87. The van der Waals surface area contributed by atoms with Crippen molar-refractivity contribution in [3.63, 3.8) is 0 Å². The third kappa shape index (κ3) is 7.30. The van der Waals surface area contributed by atoms with E-state index in [-0.39, 0.29) is 17.8 Å². The molecule has 7 N–H and O–H groups in total. The Kier molecular flexibility index (Phi) is 7.59. The number of nitrogens with zero attached hydrogens (tertiary/aromatic N) is 1. The second-order valence-electron chi connectivity index (χ2n) is 5.50. The molecule has 0 spiro atoms. The average Bonchev–Trinajstić information content (AvgIpc) is 2.51. The van der Waals surface area contributed by atoms with Crippen molar-refractivity contribution in [1.82, 2.24) is 5.32 Å². The summed E-state index contributed by atoms with van der Waals surface area (Å²) in [5.41, 5.74) is 16.8. The second kappa shape index (κ2) is 9.45. The summed E-state index contributed by atoms with van der Waals surface area (Å²) < 4.78 is 0. The van der Waals surface area contributed by atoms with Gasteiger partial charge in [-0.25, -0.2) is 0 Å². The number of amides is 2. The minimum Gasteiger partial charge on any atom is -0.370 e. The van der Waals surface area contributed by atoms with Gasteiger partial charge in [0.25, 0.3) is 0 Å². The van der Waals surface area contributed by atoms with Crippen LogP contribution in [0.1, 0.15) is 25.3 Å². The number of benzene rings is 1. The van der Waals surface area contributed by atoms with Gasteiger partial charge in [-0.05, 0) is 18.4 Å². The topological polar surface area (TPSA) is 137 Å². The van der Waals surface area contributed by atoms with Crippen LogP contribution in [-0.2, 0) is 16.0 Å². The zero-order chi connectivity index (χ0) is 17.2. The summed E-state index contributed by atoms with van der Waals surface area (Å²) in [5, 5.41) is 2.72. The molecule has 0 aliphatic carbocycles. The Morgan fingerprint density at radius 2 is 1.83 bits per heavy atom. The molecule has 23 heavy (non-hydrogen) atoms. The summed E-state index contributed by atoms with van der Waals surface area (Å²) in [6.07, 6.45) is 1.69. The van der Waals surface area contributed by atoms with E-state index in [1.54, 1.807) is 6.92 Å². The van der Waals surface area contributed by atoms with Crippen LogP contribution < -0.4 is 22.5 Å². The van der Waals surface area contributed by atoms with Crippen molar-refractivity contribution in [2.45, 2.75) is 32.2 Å². The highest BCUT2D eigenvalue weighted by Crippen LogP contribution is 2.08. The Bertz CT molecular complexity index is 541. The standard InChI is InChI=1S/C16H25N5O2/c1-11(6-5-9-20-16(18)19)15(23)21-13(14(17)22)10-12-7-3-2-4-8-12/h2-4,7-8,11,13H,5-6,9-10H2,1H3,(H2,17,22)(H,21,23)(H4,18,19,20)/t11-,13-/m0/s1. The Labute approximate surface area is 136 Å². The molecule has 0 saturated carbocycles. The van der Waals surface area contributed by atoms with E-state index in [2.05, 4.69) is 10.3 Å². The largest absolute Gasteiger partial charge is 0.370 e. The van der Waals surface area contributed by atoms with E-state index in [9.17, 15) is 9.59 Å². The summed E-state index contributed by atoms with van der Waals surface area (Å²) in [5.74, 6) is -0.954. The molecule has 0 heterocycles. The molecule has 0 aliphatic heterocycles. The lowest BCUT2D eigenvalue weighted by molar-refractivity contribution is -0.129. The third-order valence-corrected chi connectivity index (χ3v) is 3.48. The van der Waals surface area contributed by atoms with E-state index in [1.165, 1.54) is 0 Å². The van der Waals surface area contributed by atoms with Gasteiger partial charge in [-0.3, -0.25) is 14.6 Å². The molecule has 0 saturated heterocycles. The molecule has 0 fully saturated rings. The molecule has 7 nitrogen and oxygen atoms in total. The van der Waals surface area contributed by atoms with E-state index in [1.807, 2.05) is 30.3 Å². The van der Waals surface area contributed by atoms with Gasteiger partial charge < -0.3 is 22.5 Å². The lowest BCUT2D eigenvalue weighted by Gasteiger charge is -2.18. The molecule has 2 amide bonds. The number of guanidine groups is 1. The minimum atomic E-state index is -0.718. The molecular formula is C16H25N5O2. The molecule has 0 unspecified atom stereocenters. The average molecular weight is 319 g/mol. The molecule has 2 atom stereocenters. The van der Waals surface area contributed by atoms with Crippen molar-refractivity contribution in [1.29, 1.82) is 0 Å². The number of aliphatic imine (C=N–C) groups is 1. The van der Waals surface area contributed by atoms with Gasteiger partial charge in [0.05, 0.1) is 0 Å². The first-order valence-electron chi connectivity index (χ1n) is 7.59. The molecule has 0 radical (unpaired) electrons. The van der Waals surface area contributed by atoms with Crippen LogP contribution in [0.25, 0.3) is 0 Å². The van der Waals surface area contributed by atoms with Gasteiger partial charge in [-0.1, -0.05) is 37.3 Å². The van der Waals surface area contributed by atoms with Crippen molar-refractivity contribution >= 4 is 17.8 Å². The number of primary amides is 1. The van der Waals surface area contributed by atoms with Crippen LogP contribution in [0.5, 0.6) is 0 Å². The zero-order valence-corrected chi connectivity index (χ0v) is 13.4. The summed E-state index contributed by atoms with van der Waals surface area (Å²) >= 11 is 0. The maximum absolute atomic E-state index is 12.2. The maximum atomic E-state index is 12.2. The molecule has 0 bridgehead atoms. The van der Waals surface area contributed by atoms with Gasteiger partial charge in [0, 0.05) is 18.9 Å². The number of carbonyl (C=O) groups excluding carboxylic acids is 2. The van der Waals surface area contributed by atoms with Gasteiger partial charge in [-0.2, -0.15) is 0 Å². The van der Waals surface area contributed by atoms with E-state index < -0.39 is 11.9 Å². The highest BCUT2D eigenvalue weighted by Gasteiger charge is 2.21. The summed E-state index contributed by atoms with van der Waals surface area (Å²) in [6.45, 7) is 2.27. The first-order chi connectivity index (χ1) is 10.9. The van der Waals surface area contributed by atoms with E-state index in [4.69, 9.17) is 17.2 Å². The van der Waals surface area contributed by atoms with Gasteiger partial charge in [-0.15, -0.1) is 0 Å². The number of carbonyl (C=O) groups is 2. The van der Waals surface area contributed by atoms with Gasteiger partial charge in [0.15, 0.2) is 5.96 Å². The lowest BCUT2D eigenvalue weighted by Crippen LogP contribution is -2.47. The fraction of sp³-hybridized carbons (Fsp3) is 0.438. The Morgan fingerprint density at radius 1 is 1.17 bits per heavy atom. The summed E-state index contributed by atoms with van der Waals surface area (Å²) in [7, 11) is 0. The summed E-state index contributed by atoms with van der Waals surface area (Å²) in [6, 6.07) is 8.70. The third-order valence-electron chi connectivity index (χ3n) is 3.48. The molecule has 7 heteroatoms. The predicted octanol–water partition coefficient (Wildman–Crippen LogP) is -0.111. The first-order valence-corrected chi connectivity index (χ1v) is 7.59. The molecular weight excluding hydrogens is 294 g/mol. The molecule has 0 aromatic heterocycles. The minimum absolute atomic E-state index is 0.0405. The van der Waals surface area contributed by atoms with E-state index in [0.717, 1.165) is 5.56 Å².